The fourth-order valence-electron chi connectivity index (χ4n) is 3.07. The van der Waals surface area contributed by atoms with E-state index < -0.39 is 0 Å². The number of hydrogen-bond donors (Lipinski definition) is 0. The normalized spacial score (nSPS) is 13.3. The summed E-state index contributed by atoms with van der Waals surface area (Å²) in [6, 6.07) is 8.27. The van der Waals surface area contributed by atoms with Crippen LogP contribution in [-0.2, 0) is 29.2 Å². The number of rotatable bonds is 4. The van der Waals surface area contributed by atoms with Crippen LogP contribution in [0.15, 0.2) is 30.6 Å². The van der Waals surface area contributed by atoms with Crippen LogP contribution < -0.4 is 4.90 Å². The average Bonchev–Trinajstić information content (AvgIpc) is 3.19. The van der Waals surface area contributed by atoms with Gasteiger partial charge in [0, 0.05) is 13.1 Å². The van der Waals surface area contributed by atoms with Crippen molar-refractivity contribution in [1.29, 1.82) is 0 Å². The van der Waals surface area contributed by atoms with Crippen molar-refractivity contribution in [1.82, 2.24) is 19.5 Å². The summed E-state index contributed by atoms with van der Waals surface area (Å²) in [6.45, 7) is 3.62. The van der Waals surface area contributed by atoms with Crippen molar-refractivity contribution in [2.75, 3.05) is 11.5 Å². The van der Waals surface area contributed by atoms with Gasteiger partial charge in [0.05, 0.1) is 12.9 Å². The molecule has 0 aliphatic carbocycles. The van der Waals surface area contributed by atoms with Crippen molar-refractivity contribution in [3.05, 3.63) is 47.0 Å². The van der Waals surface area contributed by atoms with E-state index in [1.165, 1.54) is 11.1 Å². The number of hydrogen-bond acceptors (Lipinski definition) is 6. The van der Waals surface area contributed by atoms with Gasteiger partial charge in [-0.3, -0.25) is 4.79 Å². The number of fused-ring (bicyclic) bond motifs is 2. The van der Waals surface area contributed by atoms with Gasteiger partial charge in [0.1, 0.15) is 6.54 Å². The lowest BCUT2D eigenvalue weighted by molar-refractivity contribution is -0.143. The number of aromatic nitrogens is 4. The third-order valence-electron chi connectivity index (χ3n) is 4.16. The molecule has 0 N–H and O–H groups in total. The summed E-state index contributed by atoms with van der Waals surface area (Å²) < 4.78 is 6.62. The van der Waals surface area contributed by atoms with Crippen molar-refractivity contribution in [3.63, 3.8) is 0 Å². The Morgan fingerprint density at radius 1 is 1.24 bits per heavy atom. The van der Waals surface area contributed by atoms with Crippen LogP contribution in [0.3, 0.4) is 0 Å². The second-order valence-electron chi connectivity index (χ2n) is 5.79. The quantitative estimate of drug-likeness (QED) is 0.528. The fraction of sp³-hybridized carbons (Fsp3) is 0.294. The number of imidazole rings is 1. The molecular formula is C17H16ClN5O2. The van der Waals surface area contributed by atoms with Gasteiger partial charge in [-0.2, -0.15) is 9.97 Å². The molecule has 128 valence electrons. The lowest BCUT2D eigenvalue weighted by Crippen LogP contribution is -2.17. The Kier molecular flexibility index (Phi) is 4.01. The molecule has 7 nitrogen and oxygen atoms in total. The van der Waals surface area contributed by atoms with Crippen LogP contribution >= 0.6 is 11.6 Å². The van der Waals surface area contributed by atoms with Crippen LogP contribution in [0.4, 0.5) is 5.82 Å². The van der Waals surface area contributed by atoms with Gasteiger partial charge in [-0.05, 0) is 29.7 Å². The van der Waals surface area contributed by atoms with Gasteiger partial charge in [0.25, 0.3) is 0 Å². The maximum Gasteiger partial charge on any atom is 0.326 e. The zero-order valence-corrected chi connectivity index (χ0v) is 14.4. The molecule has 0 unspecified atom stereocenters. The average molecular weight is 358 g/mol. The van der Waals surface area contributed by atoms with E-state index in [2.05, 4.69) is 32.0 Å². The molecule has 0 amide bonds. The van der Waals surface area contributed by atoms with Crippen LogP contribution in [-0.4, -0.2) is 32.1 Å². The molecule has 1 aliphatic heterocycles. The van der Waals surface area contributed by atoms with Crippen LogP contribution in [0.2, 0.25) is 5.28 Å². The Morgan fingerprint density at radius 2 is 1.96 bits per heavy atom. The molecule has 0 radical (unpaired) electrons. The van der Waals surface area contributed by atoms with Gasteiger partial charge in [-0.1, -0.05) is 24.3 Å². The molecule has 3 heterocycles. The van der Waals surface area contributed by atoms with Gasteiger partial charge >= 0.3 is 5.97 Å². The molecule has 0 saturated heterocycles. The minimum atomic E-state index is -0.341. The summed E-state index contributed by atoms with van der Waals surface area (Å²) in [4.78, 5) is 26.9. The van der Waals surface area contributed by atoms with Crippen molar-refractivity contribution < 1.29 is 9.53 Å². The Bertz CT molecular complexity index is 930. The highest BCUT2D eigenvalue weighted by molar-refractivity contribution is 6.28. The third-order valence-corrected chi connectivity index (χ3v) is 4.33. The monoisotopic (exact) mass is 357 g/mol. The van der Waals surface area contributed by atoms with Gasteiger partial charge in [0.2, 0.25) is 5.28 Å². The van der Waals surface area contributed by atoms with Crippen molar-refractivity contribution in [2.45, 2.75) is 26.6 Å². The summed E-state index contributed by atoms with van der Waals surface area (Å²) in [6.07, 6.45) is 1.57. The first kappa shape index (κ1) is 15.8. The maximum absolute atomic E-state index is 11.8. The highest BCUT2D eigenvalue weighted by atomic mass is 35.5. The Hall–Kier alpha value is -2.67. The van der Waals surface area contributed by atoms with Crippen LogP contribution in [0, 0.1) is 0 Å². The second-order valence-corrected chi connectivity index (χ2v) is 6.13. The number of halogens is 1. The van der Waals surface area contributed by atoms with Crippen LogP contribution in [0.5, 0.6) is 0 Å². The van der Waals surface area contributed by atoms with E-state index in [1.807, 2.05) is 12.1 Å². The van der Waals surface area contributed by atoms with Crippen molar-refractivity contribution in [3.8, 4) is 0 Å². The highest BCUT2D eigenvalue weighted by Gasteiger charge is 2.24. The molecule has 25 heavy (non-hydrogen) atoms. The summed E-state index contributed by atoms with van der Waals surface area (Å²) in [5.41, 5.74) is 3.67. The number of nitrogens with zero attached hydrogens (tertiary/aromatic N) is 5. The zero-order valence-electron chi connectivity index (χ0n) is 13.6. The molecule has 0 spiro atoms. The Labute approximate surface area is 149 Å². The molecule has 0 saturated carbocycles. The molecule has 3 aromatic rings. The number of benzene rings is 1. The summed E-state index contributed by atoms with van der Waals surface area (Å²) >= 11 is 6.13. The Balaban J connectivity index is 1.71. The van der Waals surface area contributed by atoms with Gasteiger partial charge < -0.3 is 14.2 Å². The minimum Gasteiger partial charge on any atom is -0.465 e. The molecule has 0 atom stereocenters. The van der Waals surface area contributed by atoms with E-state index >= 15 is 0 Å². The molecule has 1 aliphatic rings. The van der Waals surface area contributed by atoms with E-state index in [0.717, 1.165) is 13.1 Å². The molecule has 2 aromatic heterocycles. The molecule has 4 rings (SSSR count). The first-order valence-corrected chi connectivity index (χ1v) is 8.39. The predicted molar refractivity (Wildman–Crippen MR) is 93.3 cm³/mol. The number of esters is 1. The lowest BCUT2D eigenvalue weighted by Gasteiger charge is -2.17. The molecule has 0 fully saturated rings. The first-order valence-electron chi connectivity index (χ1n) is 8.01. The van der Waals surface area contributed by atoms with Crippen LogP contribution in [0.1, 0.15) is 18.1 Å². The molecule has 1 aromatic carbocycles. The number of ether oxygens (including phenoxy) is 1. The maximum atomic E-state index is 11.8. The highest BCUT2D eigenvalue weighted by Crippen LogP contribution is 2.31. The first-order chi connectivity index (χ1) is 12.2. The smallest absolute Gasteiger partial charge is 0.326 e. The van der Waals surface area contributed by atoms with Gasteiger partial charge in [-0.25, -0.2) is 4.98 Å². The van der Waals surface area contributed by atoms with E-state index in [0.29, 0.717) is 23.6 Å². The van der Waals surface area contributed by atoms with E-state index in [9.17, 15) is 4.79 Å². The summed E-state index contributed by atoms with van der Waals surface area (Å²) in [5, 5.41) is 0.129. The van der Waals surface area contributed by atoms with E-state index in [-0.39, 0.29) is 17.8 Å². The van der Waals surface area contributed by atoms with Gasteiger partial charge in [-0.15, -0.1) is 0 Å². The second kappa shape index (κ2) is 6.33. The van der Waals surface area contributed by atoms with Crippen molar-refractivity contribution in [2.24, 2.45) is 0 Å². The number of anilines is 1. The summed E-state index contributed by atoms with van der Waals surface area (Å²) in [7, 11) is 0. The van der Waals surface area contributed by atoms with E-state index in [4.69, 9.17) is 16.3 Å². The van der Waals surface area contributed by atoms with E-state index in [1.54, 1.807) is 17.8 Å². The zero-order chi connectivity index (χ0) is 17.4. The molecular weight excluding hydrogens is 342 g/mol. The molecule has 8 heteroatoms. The topological polar surface area (TPSA) is 73.1 Å². The van der Waals surface area contributed by atoms with Gasteiger partial charge in [0.15, 0.2) is 17.0 Å². The fourth-order valence-corrected chi connectivity index (χ4v) is 3.23. The largest absolute Gasteiger partial charge is 0.465 e. The standard InChI is InChI=1S/C17H16ClN5O2/c1-2-25-13(24)9-23-10-19-14-15(20-17(18)21-16(14)23)22-7-11-5-3-4-6-12(11)8-22/h3-6,10H,2,7-9H2,1H3. The SMILES string of the molecule is CCOC(=O)Cn1cnc2c(N3Cc4ccccc4C3)nc(Cl)nc21. The lowest BCUT2D eigenvalue weighted by atomic mass is 10.1. The number of carbonyl (C=O) groups excluding carboxylic acids is 1. The number of carbonyl (C=O) groups is 1. The third kappa shape index (κ3) is 2.91. The minimum absolute atomic E-state index is 0.0390. The Morgan fingerprint density at radius 3 is 2.64 bits per heavy atom. The summed E-state index contributed by atoms with van der Waals surface area (Å²) in [5.74, 6) is 0.334. The molecule has 0 bridgehead atoms. The predicted octanol–water partition coefficient (Wildman–Crippen LogP) is 2.56. The van der Waals surface area contributed by atoms with Crippen molar-refractivity contribution >= 4 is 34.6 Å². The van der Waals surface area contributed by atoms with Crippen LogP contribution in [0.25, 0.3) is 11.2 Å².